The van der Waals surface area contributed by atoms with Gasteiger partial charge >= 0.3 is 0 Å². The molecule has 1 saturated heterocycles. The number of pyridine rings is 1. The highest BCUT2D eigenvalue weighted by Gasteiger charge is 2.29. The zero-order valence-electron chi connectivity index (χ0n) is 16.9. The van der Waals surface area contributed by atoms with Crippen molar-refractivity contribution in [2.24, 2.45) is 0 Å². The van der Waals surface area contributed by atoms with Crippen molar-refractivity contribution in [1.29, 1.82) is 0 Å². The van der Waals surface area contributed by atoms with Crippen molar-refractivity contribution >= 4 is 11.6 Å². The van der Waals surface area contributed by atoms with E-state index < -0.39 is 0 Å². The number of aryl methyl sites for hydroxylation is 2. The second-order valence-corrected chi connectivity index (χ2v) is 7.60. The van der Waals surface area contributed by atoms with Crippen molar-refractivity contribution < 1.29 is 4.79 Å². The van der Waals surface area contributed by atoms with Crippen LogP contribution in [0, 0.1) is 13.8 Å². The molecular formula is C22H30N4O. The molecule has 1 atom stereocenters. The van der Waals surface area contributed by atoms with Crippen LogP contribution in [0.3, 0.4) is 0 Å². The van der Waals surface area contributed by atoms with Gasteiger partial charge in [0.15, 0.2) is 0 Å². The first-order valence-corrected chi connectivity index (χ1v) is 9.64. The molecule has 0 saturated carbocycles. The molecule has 1 fully saturated rings. The third-order valence-corrected chi connectivity index (χ3v) is 5.28. The molecule has 144 valence electrons. The average molecular weight is 367 g/mol. The molecule has 1 unspecified atom stereocenters. The van der Waals surface area contributed by atoms with Gasteiger partial charge in [0.25, 0.3) is 0 Å². The van der Waals surface area contributed by atoms with Crippen LogP contribution in [0.4, 0.5) is 5.69 Å². The molecule has 3 rings (SSSR count). The Morgan fingerprint density at radius 1 is 1.04 bits per heavy atom. The predicted octanol–water partition coefficient (Wildman–Crippen LogP) is 3.04. The van der Waals surface area contributed by atoms with Gasteiger partial charge in [-0.1, -0.05) is 29.8 Å². The summed E-state index contributed by atoms with van der Waals surface area (Å²) in [7, 11) is 3.96. The third-order valence-electron chi connectivity index (χ3n) is 5.28. The van der Waals surface area contributed by atoms with Crippen LogP contribution in [0.1, 0.15) is 29.2 Å². The lowest BCUT2D eigenvalue weighted by molar-refractivity contribution is -0.136. The summed E-state index contributed by atoms with van der Waals surface area (Å²) in [6, 6.07) is 10.1. The molecule has 1 aliphatic rings. The number of carbonyl (C=O) groups excluding carboxylic acids is 1. The van der Waals surface area contributed by atoms with Crippen molar-refractivity contribution in [2.45, 2.75) is 26.3 Å². The van der Waals surface area contributed by atoms with Crippen LogP contribution in [0.15, 0.2) is 42.7 Å². The lowest BCUT2D eigenvalue weighted by Crippen LogP contribution is -2.42. The van der Waals surface area contributed by atoms with E-state index in [0.29, 0.717) is 0 Å². The Balaban J connectivity index is 1.74. The minimum atomic E-state index is -0.236. The number of benzene rings is 1. The fraction of sp³-hybridized carbons (Fsp3) is 0.455. The van der Waals surface area contributed by atoms with E-state index in [4.69, 9.17) is 0 Å². The summed E-state index contributed by atoms with van der Waals surface area (Å²) in [5, 5.41) is 0. The molecule has 0 aliphatic carbocycles. The number of likely N-dealkylation sites (N-methyl/N-ethyl adjacent to an activating group) is 1. The monoisotopic (exact) mass is 366 g/mol. The van der Waals surface area contributed by atoms with E-state index in [1.165, 1.54) is 16.8 Å². The van der Waals surface area contributed by atoms with E-state index in [-0.39, 0.29) is 11.9 Å². The Morgan fingerprint density at radius 3 is 2.44 bits per heavy atom. The van der Waals surface area contributed by atoms with Gasteiger partial charge in [0, 0.05) is 44.3 Å². The van der Waals surface area contributed by atoms with Crippen molar-refractivity contribution in [3.8, 4) is 0 Å². The van der Waals surface area contributed by atoms with E-state index in [2.05, 4.69) is 54.1 Å². The van der Waals surface area contributed by atoms with Crippen molar-refractivity contribution in [3.63, 3.8) is 0 Å². The molecule has 1 amide bonds. The summed E-state index contributed by atoms with van der Waals surface area (Å²) in [4.78, 5) is 24.0. The zero-order valence-corrected chi connectivity index (χ0v) is 16.9. The molecule has 1 aromatic carbocycles. The maximum absolute atomic E-state index is 13.3. The van der Waals surface area contributed by atoms with Crippen LogP contribution in [-0.4, -0.2) is 61.0 Å². The summed E-state index contributed by atoms with van der Waals surface area (Å²) in [5.41, 5.74) is 4.67. The van der Waals surface area contributed by atoms with Crippen molar-refractivity contribution in [3.05, 3.63) is 59.4 Å². The summed E-state index contributed by atoms with van der Waals surface area (Å²) in [5.74, 6) is 0.192. The highest BCUT2D eigenvalue weighted by molar-refractivity contribution is 5.83. The summed E-state index contributed by atoms with van der Waals surface area (Å²) >= 11 is 0. The molecule has 2 aromatic rings. The smallest absolute Gasteiger partial charge is 0.244 e. The Labute approximate surface area is 162 Å². The number of nitrogens with zero attached hydrogens (tertiary/aromatic N) is 4. The normalized spacial score (nSPS) is 16.3. The van der Waals surface area contributed by atoms with Crippen LogP contribution >= 0.6 is 0 Å². The molecule has 0 N–H and O–H groups in total. The number of rotatable bonds is 4. The minimum absolute atomic E-state index is 0.192. The fourth-order valence-electron chi connectivity index (χ4n) is 3.78. The van der Waals surface area contributed by atoms with Crippen LogP contribution < -0.4 is 4.90 Å². The largest absolute Gasteiger partial charge is 0.369 e. The standard InChI is InChI=1S/C22H30N4O/c1-17-6-8-19(9-7-17)21(24(3)4)22(27)26-13-5-12-25(14-15-26)20-10-11-23-16-18(20)2/h6-11,16,21H,5,12-15H2,1-4H3. The number of hydrogen-bond acceptors (Lipinski definition) is 4. The molecule has 5 nitrogen and oxygen atoms in total. The van der Waals surface area contributed by atoms with Gasteiger partial charge in [0.05, 0.1) is 0 Å². The van der Waals surface area contributed by atoms with Gasteiger partial charge in [-0.25, -0.2) is 0 Å². The van der Waals surface area contributed by atoms with Crippen LogP contribution in [-0.2, 0) is 4.79 Å². The fourth-order valence-corrected chi connectivity index (χ4v) is 3.78. The highest BCUT2D eigenvalue weighted by Crippen LogP contribution is 2.24. The highest BCUT2D eigenvalue weighted by atomic mass is 16.2. The first-order valence-electron chi connectivity index (χ1n) is 9.64. The van der Waals surface area contributed by atoms with E-state index in [9.17, 15) is 4.79 Å². The third kappa shape index (κ3) is 4.48. The van der Waals surface area contributed by atoms with Crippen LogP contribution in [0.5, 0.6) is 0 Å². The van der Waals surface area contributed by atoms with Gasteiger partial charge < -0.3 is 9.80 Å². The molecule has 1 aromatic heterocycles. The van der Waals surface area contributed by atoms with Gasteiger partial charge in [-0.2, -0.15) is 0 Å². The maximum atomic E-state index is 13.3. The number of anilines is 1. The first-order chi connectivity index (χ1) is 13.0. The Kier molecular flexibility index (Phi) is 6.11. The Bertz CT molecular complexity index is 772. The number of carbonyl (C=O) groups is 1. The maximum Gasteiger partial charge on any atom is 0.244 e. The summed E-state index contributed by atoms with van der Waals surface area (Å²) < 4.78 is 0. The zero-order chi connectivity index (χ0) is 19.4. The number of hydrogen-bond donors (Lipinski definition) is 0. The molecule has 0 radical (unpaired) electrons. The number of aromatic nitrogens is 1. The quantitative estimate of drug-likeness (QED) is 0.834. The van der Waals surface area contributed by atoms with Gasteiger partial charge in [0.1, 0.15) is 6.04 Å². The first kappa shape index (κ1) is 19.4. The molecule has 0 spiro atoms. The van der Waals surface area contributed by atoms with Gasteiger partial charge in [-0.3, -0.25) is 14.7 Å². The van der Waals surface area contributed by atoms with Crippen LogP contribution in [0.2, 0.25) is 0 Å². The lowest BCUT2D eigenvalue weighted by atomic mass is 10.0. The molecular weight excluding hydrogens is 336 g/mol. The molecule has 0 bridgehead atoms. The van der Waals surface area contributed by atoms with E-state index in [1.54, 1.807) is 0 Å². The van der Waals surface area contributed by atoms with Gasteiger partial charge in [-0.15, -0.1) is 0 Å². The van der Waals surface area contributed by atoms with Crippen LogP contribution in [0.25, 0.3) is 0 Å². The van der Waals surface area contributed by atoms with E-state index in [0.717, 1.165) is 38.2 Å². The van der Waals surface area contributed by atoms with Crippen molar-refractivity contribution in [1.82, 2.24) is 14.8 Å². The SMILES string of the molecule is Cc1ccc(C(C(=O)N2CCCN(c3ccncc3C)CC2)N(C)C)cc1. The summed E-state index contributed by atoms with van der Waals surface area (Å²) in [6.45, 7) is 7.53. The minimum Gasteiger partial charge on any atom is -0.369 e. The molecule has 1 aliphatic heterocycles. The second kappa shape index (κ2) is 8.53. The van der Waals surface area contributed by atoms with Crippen molar-refractivity contribution in [2.75, 3.05) is 45.2 Å². The predicted molar refractivity (Wildman–Crippen MR) is 110 cm³/mol. The molecule has 27 heavy (non-hydrogen) atoms. The molecule has 5 heteroatoms. The second-order valence-electron chi connectivity index (χ2n) is 7.60. The lowest BCUT2D eigenvalue weighted by Gasteiger charge is -2.30. The topological polar surface area (TPSA) is 39.7 Å². The van der Waals surface area contributed by atoms with E-state index in [1.807, 2.05) is 36.3 Å². The van der Waals surface area contributed by atoms with Gasteiger partial charge in [-0.05, 0) is 51.6 Å². The molecule has 2 heterocycles. The van der Waals surface area contributed by atoms with Gasteiger partial charge in [0.2, 0.25) is 5.91 Å². The average Bonchev–Trinajstić information content (AvgIpc) is 2.90. The summed E-state index contributed by atoms with van der Waals surface area (Å²) in [6.07, 6.45) is 4.72. The Morgan fingerprint density at radius 2 is 1.78 bits per heavy atom. The Hall–Kier alpha value is -2.40. The number of amides is 1. The van der Waals surface area contributed by atoms with E-state index >= 15 is 0 Å².